The predicted molar refractivity (Wildman–Crippen MR) is 87.0 cm³/mol. The van der Waals surface area contributed by atoms with E-state index in [-0.39, 0.29) is 0 Å². The lowest BCUT2D eigenvalue weighted by Crippen LogP contribution is -2.35. The van der Waals surface area contributed by atoms with Crippen LogP contribution in [0.3, 0.4) is 0 Å². The molecule has 0 radical (unpaired) electrons. The second-order valence-electron chi connectivity index (χ2n) is 5.85. The Morgan fingerprint density at radius 3 is 2.45 bits per heavy atom. The van der Waals surface area contributed by atoms with Crippen molar-refractivity contribution in [2.75, 3.05) is 18.0 Å². The Hall–Kier alpha value is -2.43. The molecule has 3 heterocycles. The quantitative estimate of drug-likeness (QED) is 0.729. The highest BCUT2D eigenvalue weighted by Crippen LogP contribution is 2.27. The summed E-state index contributed by atoms with van der Waals surface area (Å²) in [4.78, 5) is 16.0. The molecule has 5 nitrogen and oxygen atoms in total. The van der Waals surface area contributed by atoms with Gasteiger partial charge in [-0.25, -0.2) is 15.0 Å². The standard InChI is InChI=1S/C17H19N5/c1-13-17(20-16-5-3-2-4-15(16)19-13)21-9-6-14(7-10-21)22-11-8-18-12-22/h2-5,8,11-12,14H,6-7,9-10H2,1H3. The fourth-order valence-corrected chi connectivity index (χ4v) is 3.24. The zero-order valence-corrected chi connectivity index (χ0v) is 12.7. The minimum Gasteiger partial charge on any atom is -0.355 e. The third-order valence-corrected chi connectivity index (χ3v) is 4.43. The smallest absolute Gasteiger partial charge is 0.150 e. The first-order chi connectivity index (χ1) is 10.8. The van der Waals surface area contributed by atoms with E-state index in [2.05, 4.69) is 27.6 Å². The van der Waals surface area contributed by atoms with Gasteiger partial charge in [-0.15, -0.1) is 0 Å². The molecule has 2 aromatic heterocycles. The normalized spacial score (nSPS) is 16.3. The molecule has 112 valence electrons. The molecular weight excluding hydrogens is 274 g/mol. The van der Waals surface area contributed by atoms with Crippen molar-refractivity contribution in [3.05, 3.63) is 48.7 Å². The third kappa shape index (κ3) is 2.32. The van der Waals surface area contributed by atoms with E-state index in [0.29, 0.717) is 6.04 Å². The number of aryl methyl sites for hydroxylation is 1. The Kier molecular flexibility index (Phi) is 3.25. The lowest BCUT2D eigenvalue weighted by Gasteiger charge is -2.33. The number of nitrogens with zero attached hydrogens (tertiary/aromatic N) is 5. The van der Waals surface area contributed by atoms with Crippen LogP contribution in [0.5, 0.6) is 0 Å². The Labute approximate surface area is 129 Å². The fraction of sp³-hybridized carbons (Fsp3) is 0.353. The molecule has 0 saturated carbocycles. The van der Waals surface area contributed by atoms with Gasteiger partial charge in [0.1, 0.15) is 0 Å². The van der Waals surface area contributed by atoms with Crippen LogP contribution in [0.2, 0.25) is 0 Å². The molecule has 4 rings (SSSR count). The minimum atomic E-state index is 0.549. The number of imidazole rings is 1. The molecule has 5 heteroatoms. The average molecular weight is 293 g/mol. The SMILES string of the molecule is Cc1nc2ccccc2nc1N1CCC(n2ccnc2)CC1. The van der Waals surface area contributed by atoms with Gasteiger partial charge in [0.05, 0.1) is 23.1 Å². The summed E-state index contributed by atoms with van der Waals surface area (Å²) >= 11 is 0. The number of hydrogen-bond acceptors (Lipinski definition) is 4. The Balaban J connectivity index is 1.57. The molecule has 0 amide bonds. The van der Waals surface area contributed by atoms with Gasteiger partial charge in [0.25, 0.3) is 0 Å². The zero-order valence-electron chi connectivity index (χ0n) is 12.7. The summed E-state index contributed by atoms with van der Waals surface area (Å²) in [5, 5.41) is 0. The predicted octanol–water partition coefficient (Wildman–Crippen LogP) is 2.98. The molecule has 1 saturated heterocycles. The number of hydrogen-bond donors (Lipinski definition) is 0. The van der Waals surface area contributed by atoms with E-state index in [1.165, 1.54) is 0 Å². The Morgan fingerprint density at radius 1 is 1.05 bits per heavy atom. The van der Waals surface area contributed by atoms with Gasteiger partial charge in [-0.2, -0.15) is 0 Å². The molecule has 1 aliphatic heterocycles. The number of piperidine rings is 1. The highest BCUT2D eigenvalue weighted by atomic mass is 15.2. The maximum atomic E-state index is 4.83. The van der Waals surface area contributed by atoms with E-state index in [4.69, 9.17) is 9.97 Å². The van der Waals surface area contributed by atoms with Crippen molar-refractivity contribution in [1.29, 1.82) is 0 Å². The lowest BCUT2D eigenvalue weighted by atomic mass is 10.0. The van der Waals surface area contributed by atoms with Crippen molar-refractivity contribution in [1.82, 2.24) is 19.5 Å². The van der Waals surface area contributed by atoms with Gasteiger partial charge >= 0.3 is 0 Å². The molecule has 0 bridgehead atoms. The van der Waals surface area contributed by atoms with Crippen LogP contribution in [-0.4, -0.2) is 32.6 Å². The summed E-state index contributed by atoms with van der Waals surface area (Å²) in [5.41, 5.74) is 2.96. The maximum absolute atomic E-state index is 4.83. The second-order valence-corrected chi connectivity index (χ2v) is 5.85. The zero-order chi connectivity index (χ0) is 14.9. The summed E-state index contributed by atoms with van der Waals surface area (Å²) in [6.45, 7) is 4.07. The van der Waals surface area contributed by atoms with Crippen LogP contribution in [0.25, 0.3) is 11.0 Å². The van der Waals surface area contributed by atoms with Gasteiger partial charge in [0.2, 0.25) is 0 Å². The van der Waals surface area contributed by atoms with Crippen LogP contribution >= 0.6 is 0 Å². The van der Waals surface area contributed by atoms with Crippen molar-refractivity contribution >= 4 is 16.9 Å². The molecule has 0 aliphatic carbocycles. The molecule has 3 aromatic rings. The van der Waals surface area contributed by atoms with Crippen LogP contribution in [-0.2, 0) is 0 Å². The fourth-order valence-electron chi connectivity index (χ4n) is 3.24. The number of benzene rings is 1. The molecule has 0 N–H and O–H groups in total. The third-order valence-electron chi connectivity index (χ3n) is 4.43. The highest BCUT2D eigenvalue weighted by Gasteiger charge is 2.22. The van der Waals surface area contributed by atoms with E-state index in [0.717, 1.165) is 48.5 Å². The number of fused-ring (bicyclic) bond motifs is 1. The Morgan fingerprint density at radius 2 is 1.77 bits per heavy atom. The molecule has 22 heavy (non-hydrogen) atoms. The molecule has 1 fully saturated rings. The van der Waals surface area contributed by atoms with Crippen molar-refractivity contribution < 1.29 is 0 Å². The first-order valence-corrected chi connectivity index (χ1v) is 7.77. The molecule has 1 aromatic carbocycles. The van der Waals surface area contributed by atoms with E-state index < -0.39 is 0 Å². The second kappa shape index (κ2) is 5.40. The molecule has 0 unspecified atom stereocenters. The molecule has 0 spiro atoms. The van der Waals surface area contributed by atoms with Crippen molar-refractivity contribution in [3.63, 3.8) is 0 Å². The summed E-state index contributed by atoms with van der Waals surface area (Å²) in [6, 6.07) is 8.62. The van der Waals surface area contributed by atoms with Crippen LogP contribution in [0.4, 0.5) is 5.82 Å². The molecule has 0 atom stereocenters. The summed E-state index contributed by atoms with van der Waals surface area (Å²) in [7, 11) is 0. The monoisotopic (exact) mass is 293 g/mol. The number of anilines is 1. The van der Waals surface area contributed by atoms with Gasteiger partial charge in [-0.05, 0) is 31.9 Å². The van der Waals surface area contributed by atoms with Crippen LogP contribution in [0, 0.1) is 6.92 Å². The number of rotatable bonds is 2. The van der Waals surface area contributed by atoms with Crippen LogP contribution in [0.1, 0.15) is 24.6 Å². The molecular formula is C17H19N5. The van der Waals surface area contributed by atoms with Crippen LogP contribution < -0.4 is 4.90 Å². The van der Waals surface area contributed by atoms with E-state index in [9.17, 15) is 0 Å². The van der Waals surface area contributed by atoms with Crippen molar-refractivity contribution in [2.24, 2.45) is 0 Å². The first kappa shape index (κ1) is 13.2. The van der Waals surface area contributed by atoms with Crippen LogP contribution in [0.15, 0.2) is 43.0 Å². The summed E-state index contributed by atoms with van der Waals surface area (Å²) in [6.07, 6.45) is 8.06. The first-order valence-electron chi connectivity index (χ1n) is 7.77. The average Bonchev–Trinajstić information content (AvgIpc) is 3.09. The maximum Gasteiger partial charge on any atom is 0.150 e. The van der Waals surface area contributed by atoms with Gasteiger partial charge in [-0.1, -0.05) is 12.1 Å². The summed E-state index contributed by atoms with van der Waals surface area (Å²) < 4.78 is 2.22. The Bertz CT molecular complexity index is 773. The summed E-state index contributed by atoms with van der Waals surface area (Å²) in [5.74, 6) is 1.03. The van der Waals surface area contributed by atoms with E-state index in [1.807, 2.05) is 36.8 Å². The van der Waals surface area contributed by atoms with Crippen molar-refractivity contribution in [3.8, 4) is 0 Å². The lowest BCUT2D eigenvalue weighted by molar-refractivity contribution is 0.394. The van der Waals surface area contributed by atoms with Gasteiger partial charge in [0, 0.05) is 31.5 Å². The number of para-hydroxylation sites is 2. The minimum absolute atomic E-state index is 0.549. The largest absolute Gasteiger partial charge is 0.355 e. The highest BCUT2D eigenvalue weighted by molar-refractivity contribution is 5.76. The van der Waals surface area contributed by atoms with Crippen molar-refractivity contribution in [2.45, 2.75) is 25.8 Å². The van der Waals surface area contributed by atoms with E-state index in [1.54, 1.807) is 0 Å². The van der Waals surface area contributed by atoms with E-state index >= 15 is 0 Å². The van der Waals surface area contributed by atoms with Gasteiger partial charge in [-0.3, -0.25) is 0 Å². The van der Waals surface area contributed by atoms with Gasteiger partial charge < -0.3 is 9.47 Å². The van der Waals surface area contributed by atoms with Gasteiger partial charge in [0.15, 0.2) is 5.82 Å². The number of aromatic nitrogens is 4. The molecule has 1 aliphatic rings. The topological polar surface area (TPSA) is 46.8 Å².